The van der Waals surface area contributed by atoms with Crippen LogP contribution < -0.4 is 10.1 Å². The molecule has 1 fully saturated rings. The largest absolute Gasteiger partial charge is 0.484 e. The molecule has 2 aromatic rings. The highest BCUT2D eigenvalue weighted by atomic mass is 35.5. The van der Waals surface area contributed by atoms with E-state index in [1.165, 1.54) is 0 Å². The second-order valence-electron chi connectivity index (χ2n) is 5.72. The third kappa shape index (κ3) is 3.64. The van der Waals surface area contributed by atoms with Crippen molar-refractivity contribution in [3.8, 4) is 5.75 Å². The van der Waals surface area contributed by atoms with Crippen molar-refractivity contribution in [2.45, 2.75) is 38.1 Å². The van der Waals surface area contributed by atoms with Crippen molar-refractivity contribution < 1.29 is 14.1 Å². The van der Waals surface area contributed by atoms with Gasteiger partial charge in [0.15, 0.2) is 12.4 Å². The van der Waals surface area contributed by atoms with Gasteiger partial charge in [-0.3, -0.25) is 4.79 Å². The maximum absolute atomic E-state index is 12.3. The van der Waals surface area contributed by atoms with Crippen molar-refractivity contribution in [3.63, 3.8) is 0 Å². The van der Waals surface area contributed by atoms with Crippen LogP contribution in [0.2, 0.25) is 5.02 Å². The van der Waals surface area contributed by atoms with Gasteiger partial charge in [0.2, 0.25) is 5.89 Å². The molecule has 23 heavy (non-hydrogen) atoms. The van der Waals surface area contributed by atoms with E-state index in [2.05, 4.69) is 15.5 Å². The minimum atomic E-state index is -0.543. The normalized spacial score (nSPS) is 16.3. The molecule has 1 heterocycles. The number of carbonyl (C=O) groups excluding carboxylic acids is 1. The van der Waals surface area contributed by atoms with Gasteiger partial charge in [0.25, 0.3) is 5.91 Å². The summed E-state index contributed by atoms with van der Waals surface area (Å²) < 4.78 is 10.6. The van der Waals surface area contributed by atoms with Gasteiger partial charge in [0, 0.05) is 11.9 Å². The maximum atomic E-state index is 12.3. The predicted molar refractivity (Wildman–Crippen MR) is 84.3 cm³/mol. The van der Waals surface area contributed by atoms with Crippen LogP contribution in [0.1, 0.15) is 37.4 Å². The molecule has 1 N–H and O–H groups in total. The fourth-order valence-electron chi connectivity index (χ4n) is 2.86. The first-order chi connectivity index (χ1) is 11.1. The highest BCUT2D eigenvalue weighted by molar-refractivity contribution is 6.30. The zero-order chi connectivity index (χ0) is 16.3. The Bertz CT molecular complexity index is 678. The van der Waals surface area contributed by atoms with Gasteiger partial charge >= 0.3 is 0 Å². The topological polar surface area (TPSA) is 77.2 Å². The monoisotopic (exact) mass is 335 g/mol. The van der Waals surface area contributed by atoms with E-state index in [0.29, 0.717) is 22.5 Å². The first-order valence-corrected chi connectivity index (χ1v) is 7.95. The third-order valence-corrected chi connectivity index (χ3v) is 4.23. The number of nitrogens with one attached hydrogen (secondary N) is 1. The Balaban J connectivity index is 1.64. The Morgan fingerprint density at radius 1 is 1.35 bits per heavy atom. The molecule has 1 aromatic heterocycles. The molecule has 7 heteroatoms. The molecule has 1 aliphatic carbocycles. The minimum absolute atomic E-state index is 0.0692. The average Bonchev–Trinajstić information content (AvgIpc) is 3.17. The molecule has 1 saturated carbocycles. The van der Waals surface area contributed by atoms with Crippen LogP contribution in [0, 0.1) is 6.92 Å². The zero-order valence-electron chi connectivity index (χ0n) is 12.8. The summed E-state index contributed by atoms with van der Waals surface area (Å²) in [7, 11) is 0. The highest BCUT2D eigenvalue weighted by Crippen LogP contribution is 2.37. The Hall–Kier alpha value is -2.08. The minimum Gasteiger partial charge on any atom is -0.484 e. The first-order valence-electron chi connectivity index (χ1n) is 7.58. The van der Waals surface area contributed by atoms with Crippen LogP contribution in [0.25, 0.3) is 0 Å². The maximum Gasteiger partial charge on any atom is 0.258 e. The molecule has 6 nitrogen and oxygen atoms in total. The van der Waals surface area contributed by atoms with E-state index in [-0.39, 0.29) is 12.5 Å². The SMILES string of the molecule is Cc1nc(C2(NC(=O)COc3ccc(Cl)cc3)CCCC2)no1. The van der Waals surface area contributed by atoms with Crippen molar-refractivity contribution in [1.82, 2.24) is 15.5 Å². The summed E-state index contributed by atoms with van der Waals surface area (Å²) in [6, 6.07) is 6.89. The van der Waals surface area contributed by atoms with E-state index in [9.17, 15) is 4.79 Å². The summed E-state index contributed by atoms with van der Waals surface area (Å²) in [6.45, 7) is 1.67. The first kappa shape index (κ1) is 15.8. The molecular formula is C16H18ClN3O3. The van der Waals surface area contributed by atoms with Gasteiger partial charge in [0.1, 0.15) is 11.3 Å². The van der Waals surface area contributed by atoms with Crippen molar-refractivity contribution in [3.05, 3.63) is 41.0 Å². The fraction of sp³-hybridized carbons (Fsp3) is 0.438. The average molecular weight is 336 g/mol. The lowest BCUT2D eigenvalue weighted by Gasteiger charge is -2.26. The van der Waals surface area contributed by atoms with Crippen molar-refractivity contribution in [1.29, 1.82) is 0 Å². The van der Waals surface area contributed by atoms with E-state index in [0.717, 1.165) is 25.7 Å². The van der Waals surface area contributed by atoms with Crippen LogP contribution in [0.15, 0.2) is 28.8 Å². The number of aryl methyl sites for hydroxylation is 1. The van der Waals surface area contributed by atoms with E-state index in [4.69, 9.17) is 20.9 Å². The van der Waals surface area contributed by atoms with Crippen LogP contribution in [-0.4, -0.2) is 22.7 Å². The second kappa shape index (κ2) is 6.58. The van der Waals surface area contributed by atoms with E-state index < -0.39 is 5.54 Å². The predicted octanol–water partition coefficient (Wildman–Crippen LogP) is 3.00. The molecular weight excluding hydrogens is 318 g/mol. The van der Waals surface area contributed by atoms with E-state index in [1.807, 2.05) is 0 Å². The van der Waals surface area contributed by atoms with Crippen LogP contribution in [0.4, 0.5) is 0 Å². The van der Waals surface area contributed by atoms with Gasteiger partial charge in [0.05, 0.1) is 0 Å². The molecule has 0 bridgehead atoms. The number of benzene rings is 1. The Morgan fingerprint density at radius 3 is 2.65 bits per heavy atom. The summed E-state index contributed by atoms with van der Waals surface area (Å²) in [5.41, 5.74) is -0.543. The standard InChI is InChI=1S/C16H18ClN3O3/c1-11-18-15(20-23-11)16(8-2-3-9-16)19-14(21)10-22-13-6-4-12(17)5-7-13/h4-7H,2-3,8-10H2,1H3,(H,19,21). The molecule has 1 aromatic carbocycles. The molecule has 1 aliphatic rings. The lowest BCUT2D eigenvalue weighted by molar-refractivity contribution is -0.125. The van der Waals surface area contributed by atoms with Crippen molar-refractivity contribution in [2.75, 3.05) is 6.61 Å². The van der Waals surface area contributed by atoms with Gasteiger partial charge in [-0.1, -0.05) is 29.6 Å². The van der Waals surface area contributed by atoms with E-state index in [1.54, 1.807) is 31.2 Å². The molecule has 0 spiro atoms. The summed E-state index contributed by atoms with van der Waals surface area (Å²) in [4.78, 5) is 16.6. The van der Waals surface area contributed by atoms with Gasteiger partial charge in [-0.2, -0.15) is 4.98 Å². The number of ether oxygens (including phenoxy) is 1. The van der Waals surface area contributed by atoms with Crippen LogP contribution in [0.3, 0.4) is 0 Å². The van der Waals surface area contributed by atoms with Gasteiger partial charge < -0.3 is 14.6 Å². The number of hydrogen-bond acceptors (Lipinski definition) is 5. The van der Waals surface area contributed by atoms with Crippen LogP contribution in [-0.2, 0) is 10.3 Å². The Labute approximate surface area is 139 Å². The lowest BCUT2D eigenvalue weighted by atomic mass is 9.96. The molecule has 0 saturated heterocycles. The summed E-state index contributed by atoms with van der Waals surface area (Å²) >= 11 is 5.82. The molecule has 0 unspecified atom stereocenters. The third-order valence-electron chi connectivity index (χ3n) is 3.97. The smallest absolute Gasteiger partial charge is 0.258 e. The molecule has 122 valence electrons. The molecule has 3 rings (SSSR count). The van der Waals surface area contributed by atoms with Gasteiger partial charge in [-0.05, 0) is 37.1 Å². The molecule has 0 aliphatic heterocycles. The molecule has 1 amide bonds. The zero-order valence-corrected chi connectivity index (χ0v) is 13.6. The number of carbonyl (C=O) groups is 1. The van der Waals surface area contributed by atoms with Crippen molar-refractivity contribution in [2.24, 2.45) is 0 Å². The van der Waals surface area contributed by atoms with Gasteiger partial charge in [-0.15, -0.1) is 0 Å². The Morgan fingerprint density at radius 2 is 2.04 bits per heavy atom. The summed E-state index contributed by atoms with van der Waals surface area (Å²) in [6.07, 6.45) is 3.65. The number of rotatable bonds is 5. The molecule has 0 atom stereocenters. The molecule has 0 radical (unpaired) electrons. The van der Waals surface area contributed by atoms with E-state index >= 15 is 0 Å². The fourth-order valence-corrected chi connectivity index (χ4v) is 2.99. The Kier molecular flexibility index (Phi) is 4.52. The highest BCUT2D eigenvalue weighted by Gasteiger charge is 2.41. The van der Waals surface area contributed by atoms with Gasteiger partial charge in [-0.25, -0.2) is 0 Å². The quantitative estimate of drug-likeness (QED) is 0.908. The lowest BCUT2D eigenvalue weighted by Crippen LogP contribution is -2.46. The number of hydrogen-bond donors (Lipinski definition) is 1. The number of amides is 1. The number of aromatic nitrogens is 2. The number of halogens is 1. The number of nitrogens with zero attached hydrogens (tertiary/aromatic N) is 2. The van der Waals surface area contributed by atoms with Crippen LogP contribution >= 0.6 is 11.6 Å². The summed E-state index contributed by atoms with van der Waals surface area (Å²) in [5, 5.41) is 7.65. The second-order valence-corrected chi connectivity index (χ2v) is 6.15. The van der Waals surface area contributed by atoms with Crippen molar-refractivity contribution >= 4 is 17.5 Å². The summed E-state index contributed by atoms with van der Waals surface area (Å²) in [5.74, 6) is 1.44. The van der Waals surface area contributed by atoms with Crippen LogP contribution in [0.5, 0.6) is 5.75 Å².